The number of halogens is 1. The van der Waals surface area contributed by atoms with Crippen molar-refractivity contribution in [3.05, 3.63) is 35.9 Å². The van der Waals surface area contributed by atoms with Crippen LogP contribution in [0.25, 0.3) is 5.82 Å². The number of rotatable bonds is 1. The Morgan fingerprint density at radius 1 is 1.50 bits per heavy atom. The quantitative estimate of drug-likeness (QED) is 0.627. The Hall–Kier alpha value is -1.42. The van der Waals surface area contributed by atoms with Crippen molar-refractivity contribution in [3.63, 3.8) is 0 Å². The van der Waals surface area contributed by atoms with Crippen molar-refractivity contribution >= 4 is 11.6 Å². The molecule has 0 fully saturated rings. The van der Waals surface area contributed by atoms with Crippen molar-refractivity contribution in [3.8, 4) is 5.82 Å². The third-order valence-electron chi connectivity index (χ3n) is 1.20. The summed E-state index contributed by atoms with van der Waals surface area (Å²) in [6.45, 7) is 0. The fourth-order valence-corrected chi connectivity index (χ4v) is 0.868. The van der Waals surface area contributed by atoms with Crippen LogP contribution in [0.4, 0.5) is 0 Å². The Balaban J connectivity index is 2.59. The average Bonchev–Trinajstić information content (AvgIpc) is 2.46. The molecule has 0 bridgehead atoms. The van der Waals surface area contributed by atoms with Gasteiger partial charge in [-0.25, -0.2) is 14.6 Å². The molecule has 0 aliphatic heterocycles. The summed E-state index contributed by atoms with van der Waals surface area (Å²) in [4.78, 5) is 7.53. The van der Waals surface area contributed by atoms with Crippen LogP contribution in [0.5, 0.6) is 0 Å². The van der Waals surface area contributed by atoms with E-state index in [0.717, 1.165) is 4.68 Å². The molecule has 0 spiro atoms. The molecule has 0 N–H and O–H groups in total. The Morgan fingerprint density at radius 2 is 2.42 bits per heavy atom. The monoisotopic (exact) mass is 183 g/mol. The van der Waals surface area contributed by atoms with Crippen LogP contribution in [0.15, 0.2) is 30.8 Å². The Kier molecular flexibility index (Phi) is 1.11. The fraction of sp³-hybridized carbons (Fsp3) is 0. The second-order valence-electron chi connectivity index (χ2n) is 1.96. The minimum atomic E-state index is -0.269. The molecular weight excluding hydrogens is 176 g/mol. The van der Waals surface area contributed by atoms with Crippen LogP contribution in [0.3, 0.4) is 0 Å². The highest BCUT2D eigenvalue weighted by atomic mass is 35.5. The first-order valence-electron chi connectivity index (χ1n) is 4.60. The van der Waals surface area contributed by atoms with Gasteiger partial charge in [0.1, 0.15) is 11.5 Å². The van der Waals surface area contributed by atoms with Crippen LogP contribution in [0, 0.1) is 0 Å². The Morgan fingerprint density at radius 3 is 3.08 bits per heavy atom. The lowest BCUT2D eigenvalue weighted by molar-refractivity contribution is 0.839. The van der Waals surface area contributed by atoms with Crippen molar-refractivity contribution in [2.75, 3.05) is 0 Å². The lowest BCUT2D eigenvalue weighted by Gasteiger charge is -1.97. The van der Waals surface area contributed by atoms with Gasteiger partial charge < -0.3 is 0 Å². The van der Waals surface area contributed by atoms with Crippen LogP contribution in [-0.4, -0.2) is 19.7 Å². The molecule has 4 nitrogen and oxygen atoms in total. The maximum Gasteiger partial charge on any atom is 0.158 e. The standard InChI is InChI=1S/C7H5ClN4/c8-6-4-7(10-5-9-6)12-3-1-2-11-12/h1-5H/i1D,2D,3D. The SMILES string of the molecule is [2H]c1nn(-c2cc(Cl)ncn2)c([2H])c1[2H]. The average molecular weight is 184 g/mol. The van der Waals surface area contributed by atoms with Gasteiger partial charge in [0.25, 0.3) is 0 Å². The second kappa shape index (κ2) is 2.91. The van der Waals surface area contributed by atoms with Gasteiger partial charge >= 0.3 is 0 Å². The van der Waals surface area contributed by atoms with Gasteiger partial charge in [0.15, 0.2) is 5.82 Å². The molecule has 0 saturated carbocycles. The van der Waals surface area contributed by atoms with Crippen LogP contribution in [0.2, 0.25) is 5.15 Å². The van der Waals surface area contributed by atoms with Crippen molar-refractivity contribution in [2.45, 2.75) is 0 Å². The summed E-state index contributed by atoms with van der Waals surface area (Å²) in [5.74, 6) is 0.270. The van der Waals surface area contributed by atoms with Gasteiger partial charge in [-0.3, -0.25) is 0 Å². The summed E-state index contributed by atoms with van der Waals surface area (Å²) in [7, 11) is 0. The molecule has 2 aromatic rings. The predicted molar refractivity (Wildman–Crippen MR) is 44.2 cm³/mol. The summed E-state index contributed by atoms with van der Waals surface area (Å²) in [5.41, 5.74) is 0. The smallest absolute Gasteiger partial charge is 0.158 e. The number of hydrogen-bond donors (Lipinski definition) is 0. The van der Waals surface area contributed by atoms with Crippen molar-refractivity contribution in [1.82, 2.24) is 19.7 Å². The first kappa shape index (κ1) is 4.57. The molecule has 0 unspecified atom stereocenters. The molecule has 60 valence electrons. The van der Waals surface area contributed by atoms with Gasteiger partial charge in [-0.1, -0.05) is 11.6 Å². The molecule has 0 radical (unpaired) electrons. The fourth-order valence-electron chi connectivity index (χ4n) is 0.727. The minimum Gasteiger partial charge on any atom is -0.224 e. The van der Waals surface area contributed by atoms with Crippen molar-refractivity contribution in [2.24, 2.45) is 0 Å². The third kappa shape index (κ3) is 1.29. The van der Waals surface area contributed by atoms with Gasteiger partial charge in [0.05, 0.1) is 4.11 Å². The van der Waals surface area contributed by atoms with E-state index in [0.29, 0.717) is 0 Å². The topological polar surface area (TPSA) is 43.6 Å². The van der Waals surface area contributed by atoms with Gasteiger partial charge in [-0.2, -0.15) is 5.10 Å². The van der Waals surface area contributed by atoms with Crippen LogP contribution >= 0.6 is 11.6 Å². The van der Waals surface area contributed by atoms with E-state index in [-0.39, 0.29) is 29.4 Å². The molecule has 0 saturated heterocycles. The lowest BCUT2D eigenvalue weighted by Crippen LogP contribution is -1.97. The van der Waals surface area contributed by atoms with E-state index in [1.54, 1.807) is 0 Å². The van der Waals surface area contributed by atoms with Gasteiger partial charge in [-0.15, -0.1) is 0 Å². The van der Waals surface area contributed by atoms with Gasteiger partial charge in [0, 0.05) is 18.4 Å². The zero-order chi connectivity index (χ0) is 11.0. The second-order valence-corrected chi connectivity index (χ2v) is 2.35. The van der Waals surface area contributed by atoms with Crippen molar-refractivity contribution in [1.29, 1.82) is 0 Å². The maximum absolute atomic E-state index is 7.51. The lowest BCUT2D eigenvalue weighted by atomic mass is 10.6. The van der Waals surface area contributed by atoms with Crippen molar-refractivity contribution < 1.29 is 4.11 Å². The Bertz CT molecular complexity index is 513. The molecule has 2 aromatic heterocycles. The van der Waals surface area contributed by atoms with Gasteiger partial charge in [0.2, 0.25) is 0 Å². The van der Waals surface area contributed by atoms with E-state index in [1.807, 2.05) is 0 Å². The summed E-state index contributed by atoms with van der Waals surface area (Å²) >= 11 is 5.65. The largest absolute Gasteiger partial charge is 0.224 e. The van der Waals surface area contributed by atoms with Crippen LogP contribution in [0.1, 0.15) is 4.11 Å². The molecular formula is C7H5ClN4. The molecule has 0 amide bonds. The van der Waals surface area contributed by atoms with E-state index in [1.165, 1.54) is 12.4 Å². The highest BCUT2D eigenvalue weighted by Gasteiger charge is 1.97. The number of aromatic nitrogens is 4. The summed E-state index contributed by atoms with van der Waals surface area (Å²) < 4.78 is 23.2. The normalized spacial score (nSPS) is 13.6. The highest BCUT2D eigenvalue weighted by Crippen LogP contribution is 2.06. The summed E-state index contributed by atoms with van der Waals surface area (Å²) in [6.07, 6.45) is 0.760. The first-order chi connectivity index (χ1) is 7.09. The van der Waals surface area contributed by atoms with Crippen LogP contribution < -0.4 is 0 Å². The third-order valence-corrected chi connectivity index (χ3v) is 1.41. The van der Waals surface area contributed by atoms with E-state index < -0.39 is 0 Å². The summed E-state index contributed by atoms with van der Waals surface area (Å²) in [5, 5.41) is 3.90. The number of hydrogen-bond acceptors (Lipinski definition) is 3. The zero-order valence-electron chi connectivity index (χ0n) is 8.82. The molecule has 2 rings (SSSR count). The highest BCUT2D eigenvalue weighted by molar-refractivity contribution is 6.29. The molecule has 0 atom stereocenters. The van der Waals surface area contributed by atoms with E-state index in [2.05, 4.69) is 15.1 Å². The van der Waals surface area contributed by atoms with Gasteiger partial charge in [-0.05, 0) is 6.04 Å². The van der Waals surface area contributed by atoms with Crippen LogP contribution in [-0.2, 0) is 0 Å². The van der Waals surface area contributed by atoms with E-state index >= 15 is 0 Å². The van der Waals surface area contributed by atoms with E-state index in [9.17, 15) is 0 Å². The zero-order valence-corrected chi connectivity index (χ0v) is 6.58. The molecule has 2 heterocycles. The molecule has 0 aromatic carbocycles. The molecule has 5 heteroatoms. The van der Waals surface area contributed by atoms with E-state index in [4.69, 9.17) is 15.7 Å². The maximum atomic E-state index is 7.51. The molecule has 0 aliphatic rings. The number of nitrogens with zero attached hydrogens (tertiary/aromatic N) is 4. The molecule has 12 heavy (non-hydrogen) atoms. The Labute approximate surface area is 78.1 Å². The minimum absolute atomic E-state index is 0.199. The summed E-state index contributed by atoms with van der Waals surface area (Å²) in [6, 6.07) is 1.16. The molecule has 0 aliphatic carbocycles. The predicted octanol–water partition coefficient (Wildman–Crippen LogP) is 1.32. The first-order valence-corrected chi connectivity index (χ1v) is 3.48.